The van der Waals surface area contributed by atoms with Crippen molar-refractivity contribution in [2.75, 3.05) is 6.61 Å². The predicted molar refractivity (Wildman–Crippen MR) is 48.9 cm³/mol. The molecule has 2 nitrogen and oxygen atoms in total. The first kappa shape index (κ1) is 10.0. The van der Waals surface area contributed by atoms with Gasteiger partial charge in [-0.2, -0.15) is 0 Å². The minimum Gasteiger partial charge on any atom is -0.396 e. The maximum absolute atomic E-state index is 9.39. The molecule has 0 heterocycles. The summed E-state index contributed by atoms with van der Waals surface area (Å²) in [4.78, 5) is 0. The Balaban J connectivity index is 2.06. The van der Waals surface area contributed by atoms with Gasteiger partial charge < -0.3 is 10.2 Å². The molecule has 0 bridgehead atoms. The molecule has 0 aliphatic heterocycles. The van der Waals surface area contributed by atoms with Gasteiger partial charge in [0.2, 0.25) is 0 Å². The number of aliphatic hydroxyl groups is 2. The zero-order valence-electron chi connectivity index (χ0n) is 7.71. The van der Waals surface area contributed by atoms with Crippen LogP contribution in [0, 0.1) is 5.92 Å². The molecule has 1 saturated carbocycles. The number of rotatable bonds is 4. The van der Waals surface area contributed by atoms with E-state index in [0.717, 1.165) is 31.6 Å². The Kier molecular flexibility index (Phi) is 4.62. The Hall–Kier alpha value is -0.0800. The monoisotopic (exact) mass is 172 g/mol. The van der Waals surface area contributed by atoms with Crippen LogP contribution in [0.2, 0.25) is 0 Å². The van der Waals surface area contributed by atoms with E-state index in [0.29, 0.717) is 6.61 Å². The van der Waals surface area contributed by atoms with Gasteiger partial charge >= 0.3 is 0 Å². The molecule has 0 saturated heterocycles. The molecule has 0 aromatic heterocycles. The molecule has 2 atom stereocenters. The largest absolute Gasteiger partial charge is 0.396 e. The quantitative estimate of drug-likeness (QED) is 0.634. The van der Waals surface area contributed by atoms with E-state index in [9.17, 15) is 5.11 Å². The van der Waals surface area contributed by atoms with Crippen LogP contribution in [0.15, 0.2) is 0 Å². The fourth-order valence-corrected chi connectivity index (χ4v) is 2.07. The molecule has 72 valence electrons. The maximum atomic E-state index is 9.39. The van der Waals surface area contributed by atoms with Gasteiger partial charge in [-0.05, 0) is 25.2 Å². The highest BCUT2D eigenvalue weighted by molar-refractivity contribution is 4.71. The van der Waals surface area contributed by atoms with Gasteiger partial charge in [0.25, 0.3) is 0 Å². The molecule has 0 radical (unpaired) electrons. The molecule has 0 spiro atoms. The van der Waals surface area contributed by atoms with E-state index < -0.39 is 0 Å². The Labute approximate surface area is 74.6 Å². The van der Waals surface area contributed by atoms with E-state index in [1.165, 1.54) is 19.3 Å². The summed E-state index contributed by atoms with van der Waals surface area (Å²) < 4.78 is 0. The number of unbranched alkanes of at least 4 members (excludes halogenated alkanes) is 1. The van der Waals surface area contributed by atoms with Gasteiger partial charge in [0.1, 0.15) is 0 Å². The van der Waals surface area contributed by atoms with E-state index in [2.05, 4.69) is 0 Å². The van der Waals surface area contributed by atoms with Crippen LogP contribution in [-0.2, 0) is 0 Å². The van der Waals surface area contributed by atoms with Gasteiger partial charge in [0.05, 0.1) is 6.10 Å². The third-order valence-electron chi connectivity index (χ3n) is 2.78. The van der Waals surface area contributed by atoms with Gasteiger partial charge in [-0.1, -0.05) is 25.7 Å². The second-order valence-corrected chi connectivity index (χ2v) is 3.91. The molecule has 1 fully saturated rings. The molecule has 2 heteroatoms. The Morgan fingerprint density at radius 3 is 2.67 bits per heavy atom. The van der Waals surface area contributed by atoms with E-state index in [4.69, 9.17) is 5.11 Å². The highest BCUT2D eigenvalue weighted by Gasteiger charge is 2.19. The normalized spacial score (nSPS) is 30.5. The third kappa shape index (κ3) is 3.55. The number of hydrogen-bond acceptors (Lipinski definition) is 2. The molecule has 12 heavy (non-hydrogen) atoms. The number of aliphatic hydroxyl groups excluding tert-OH is 2. The Morgan fingerprint density at radius 2 is 2.00 bits per heavy atom. The minimum absolute atomic E-state index is 0.0436. The summed E-state index contributed by atoms with van der Waals surface area (Å²) in [5, 5.41) is 18.0. The summed E-state index contributed by atoms with van der Waals surface area (Å²) in [6.07, 6.45) is 7.64. The first-order valence-electron chi connectivity index (χ1n) is 5.12. The van der Waals surface area contributed by atoms with Crippen molar-refractivity contribution in [2.45, 2.75) is 51.0 Å². The van der Waals surface area contributed by atoms with Crippen LogP contribution in [0.5, 0.6) is 0 Å². The fraction of sp³-hybridized carbons (Fsp3) is 1.00. The van der Waals surface area contributed by atoms with Crippen LogP contribution in [0.25, 0.3) is 0 Å². The van der Waals surface area contributed by atoms with Gasteiger partial charge in [-0.25, -0.2) is 0 Å². The molecule has 0 amide bonds. The van der Waals surface area contributed by atoms with E-state index in [1.54, 1.807) is 0 Å². The Bertz CT molecular complexity index is 114. The zero-order valence-corrected chi connectivity index (χ0v) is 7.71. The summed E-state index contributed by atoms with van der Waals surface area (Å²) >= 11 is 0. The summed E-state index contributed by atoms with van der Waals surface area (Å²) in [5.41, 5.74) is 0. The fourth-order valence-electron chi connectivity index (χ4n) is 2.07. The first-order valence-corrected chi connectivity index (χ1v) is 5.12. The molecular formula is C10H20O2. The van der Waals surface area contributed by atoms with Crippen molar-refractivity contribution in [1.29, 1.82) is 0 Å². The van der Waals surface area contributed by atoms with Crippen LogP contribution in [0.4, 0.5) is 0 Å². The van der Waals surface area contributed by atoms with E-state index >= 15 is 0 Å². The molecule has 0 aromatic rings. The third-order valence-corrected chi connectivity index (χ3v) is 2.78. The van der Waals surface area contributed by atoms with Crippen molar-refractivity contribution in [3.63, 3.8) is 0 Å². The summed E-state index contributed by atoms with van der Waals surface area (Å²) in [6.45, 7) is 0.315. The first-order chi connectivity index (χ1) is 5.83. The van der Waals surface area contributed by atoms with Crippen LogP contribution in [0.1, 0.15) is 44.9 Å². The van der Waals surface area contributed by atoms with Crippen LogP contribution in [0.3, 0.4) is 0 Å². The highest BCUT2D eigenvalue weighted by atomic mass is 16.3. The molecule has 1 rings (SSSR count). The van der Waals surface area contributed by atoms with Crippen molar-refractivity contribution in [3.05, 3.63) is 0 Å². The average molecular weight is 172 g/mol. The van der Waals surface area contributed by atoms with Crippen LogP contribution >= 0.6 is 0 Å². The maximum Gasteiger partial charge on any atom is 0.0542 e. The zero-order chi connectivity index (χ0) is 8.81. The van der Waals surface area contributed by atoms with Gasteiger partial charge in [0.15, 0.2) is 0 Å². The summed E-state index contributed by atoms with van der Waals surface area (Å²) in [5.74, 6) is 0.722. The smallest absolute Gasteiger partial charge is 0.0542 e. The summed E-state index contributed by atoms with van der Waals surface area (Å²) in [6, 6.07) is 0. The highest BCUT2D eigenvalue weighted by Crippen LogP contribution is 2.27. The average Bonchev–Trinajstić information content (AvgIpc) is 2.05. The van der Waals surface area contributed by atoms with Crippen LogP contribution < -0.4 is 0 Å². The predicted octanol–water partition coefficient (Wildman–Crippen LogP) is 1.70. The lowest BCUT2D eigenvalue weighted by Gasteiger charge is -2.25. The van der Waals surface area contributed by atoms with Crippen molar-refractivity contribution < 1.29 is 10.2 Å². The second-order valence-electron chi connectivity index (χ2n) is 3.91. The molecular weight excluding hydrogens is 152 g/mol. The van der Waals surface area contributed by atoms with E-state index in [-0.39, 0.29) is 6.10 Å². The van der Waals surface area contributed by atoms with Crippen molar-refractivity contribution in [1.82, 2.24) is 0 Å². The SMILES string of the molecule is OCCCCC1CCCC(O)C1. The molecule has 1 aliphatic carbocycles. The lowest BCUT2D eigenvalue weighted by atomic mass is 9.84. The van der Waals surface area contributed by atoms with Crippen molar-refractivity contribution in [2.24, 2.45) is 5.92 Å². The van der Waals surface area contributed by atoms with Gasteiger partial charge in [-0.3, -0.25) is 0 Å². The van der Waals surface area contributed by atoms with Crippen molar-refractivity contribution in [3.8, 4) is 0 Å². The lowest BCUT2D eigenvalue weighted by molar-refractivity contribution is 0.0968. The second kappa shape index (κ2) is 5.55. The topological polar surface area (TPSA) is 40.5 Å². The minimum atomic E-state index is -0.0436. The Morgan fingerprint density at radius 1 is 1.17 bits per heavy atom. The lowest BCUT2D eigenvalue weighted by Crippen LogP contribution is -2.19. The van der Waals surface area contributed by atoms with Gasteiger partial charge in [-0.15, -0.1) is 0 Å². The standard InChI is InChI=1S/C10H20O2/c11-7-2-1-4-9-5-3-6-10(12)8-9/h9-12H,1-8H2. The molecule has 0 aromatic carbocycles. The molecule has 1 aliphatic rings. The molecule has 2 N–H and O–H groups in total. The number of hydrogen-bond donors (Lipinski definition) is 2. The van der Waals surface area contributed by atoms with Gasteiger partial charge in [0, 0.05) is 6.61 Å². The summed E-state index contributed by atoms with van der Waals surface area (Å²) in [7, 11) is 0. The van der Waals surface area contributed by atoms with Crippen LogP contribution in [-0.4, -0.2) is 22.9 Å². The van der Waals surface area contributed by atoms with Crippen molar-refractivity contribution >= 4 is 0 Å². The molecule has 2 unspecified atom stereocenters. The van der Waals surface area contributed by atoms with E-state index in [1.807, 2.05) is 0 Å².